The van der Waals surface area contributed by atoms with Gasteiger partial charge in [0.1, 0.15) is 23.2 Å². The minimum absolute atomic E-state index is 0.0579. The molecule has 6 rings (SSSR count). The Hall–Kier alpha value is -5.54. The van der Waals surface area contributed by atoms with Crippen molar-refractivity contribution in [2.24, 2.45) is 11.5 Å². The third-order valence-electron chi connectivity index (χ3n) is 9.88. The van der Waals surface area contributed by atoms with Crippen LogP contribution >= 0.6 is 23.5 Å². The number of likely N-dealkylation sites (N-methyl/N-ethyl adjacent to an activating group) is 1. The molecule has 390 valence electrons. The van der Waals surface area contributed by atoms with Crippen LogP contribution in [0.15, 0.2) is 118 Å². The zero-order valence-corrected chi connectivity index (χ0v) is 42.7. The van der Waals surface area contributed by atoms with E-state index in [1.165, 1.54) is 38.9 Å². The molecule has 1 unspecified atom stereocenters. The van der Waals surface area contributed by atoms with Gasteiger partial charge in [-0.05, 0) is 123 Å². The van der Waals surface area contributed by atoms with Crippen LogP contribution in [0.25, 0.3) is 0 Å². The van der Waals surface area contributed by atoms with Gasteiger partial charge in [0.25, 0.3) is 20.2 Å². The van der Waals surface area contributed by atoms with Crippen LogP contribution in [-0.4, -0.2) is 157 Å². The van der Waals surface area contributed by atoms with E-state index >= 15 is 0 Å². The Morgan fingerprint density at radius 3 is 1.58 bits per heavy atom. The van der Waals surface area contributed by atoms with Crippen molar-refractivity contribution in [3.8, 4) is 11.5 Å². The van der Waals surface area contributed by atoms with Crippen LogP contribution in [0.1, 0.15) is 47.6 Å². The lowest BCUT2D eigenvalue weighted by atomic mass is 9.96. The number of unbranched alkanes of at least 4 members (excludes halogenated alkanes) is 2. The summed E-state index contributed by atoms with van der Waals surface area (Å²) in [5.41, 5.74) is 15.2. The van der Waals surface area contributed by atoms with E-state index < -0.39 is 56.9 Å². The Morgan fingerprint density at radius 2 is 1.18 bits per heavy atom. The second kappa shape index (κ2) is 32.4. The van der Waals surface area contributed by atoms with Gasteiger partial charge in [0.15, 0.2) is 0 Å². The first kappa shape index (κ1) is 61.6. The maximum Gasteiger partial charge on any atom is 0.328 e. The van der Waals surface area contributed by atoms with Crippen LogP contribution in [0.2, 0.25) is 0 Å². The Kier molecular flexibility index (Phi) is 28.1. The smallest absolute Gasteiger partial charge is 0.328 e. The van der Waals surface area contributed by atoms with Crippen LogP contribution in [0.3, 0.4) is 0 Å². The van der Waals surface area contributed by atoms with E-state index in [-0.39, 0.29) is 11.7 Å². The van der Waals surface area contributed by atoms with Gasteiger partial charge in [-0.3, -0.25) is 24.8 Å². The number of carboxylic acid groups (broad SMARTS) is 2. The summed E-state index contributed by atoms with van der Waals surface area (Å²) in [5.74, 6) is -1.98. The number of aliphatic carboxylic acids is 2. The van der Waals surface area contributed by atoms with Crippen molar-refractivity contribution < 1.29 is 65.4 Å². The van der Waals surface area contributed by atoms with Crippen molar-refractivity contribution in [1.82, 2.24) is 9.80 Å². The number of ether oxygens (including phenoxy) is 2. The molecule has 1 atom stereocenters. The van der Waals surface area contributed by atoms with Crippen molar-refractivity contribution in [1.29, 1.82) is 10.8 Å². The summed E-state index contributed by atoms with van der Waals surface area (Å²) in [7, 11) is -5.62. The molecule has 2 heterocycles. The van der Waals surface area contributed by atoms with E-state index in [4.69, 9.17) is 61.3 Å². The molecule has 0 saturated carbocycles. The summed E-state index contributed by atoms with van der Waals surface area (Å²) in [6, 6.07) is 30.9. The highest BCUT2D eigenvalue weighted by Crippen LogP contribution is 2.44. The molecular formula is C47H64N6O14S4. The van der Waals surface area contributed by atoms with Gasteiger partial charge in [0, 0.05) is 70.2 Å². The predicted molar refractivity (Wildman–Crippen MR) is 275 cm³/mol. The highest BCUT2D eigenvalue weighted by Gasteiger charge is 2.29. The van der Waals surface area contributed by atoms with Gasteiger partial charge in [0.05, 0.1) is 37.9 Å². The Morgan fingerprint density at radius 1 is 0.718 bits per heavy atom. The monoisotopic (exact) mass is 1060 g/mol. The Bertz CT molecular complexity index is 2430. The number of nitrogens with two attached hydrogens (primary N) is 2. The van der Waals surface area contributed by atoms with Crippen LogP contribution in [0.5, 0.6) is 11.5 Å². The first-order chi connectivity index (χ1) is 33.5. The number of carbonyl (C=O) groups is 2. The minimum Gasteiger partial charge on any atom is -0.494 e. The molecule has 0 aliphatic carbocycles. The molecule has 71 heavy (non-hydrogen) atoms. The third kappa shape index (κ3) is 26.5. The van der Waals surface area contributed by atoms with E-state index in [0.717, 1.165) is 50.3 Å². The fourth-order valence-electron chi connectivity index (χ4n) is 6.27. The number of benzene rings is 4. The molecule has 12 N–H and O–H groups in total. The molecule has 2 aliphatic heterocycles. The number of thioether (sulfide) groups is 1. The SMILES string of the molecule is CSc1ccc2c(c1)C(N1CCN(C)CC1)Cc1ccccc1S2.N=C(N)c1ccc(OCCCCCOc2ccc(C(=N)N)cc2)cc1.O=C(O)C=CC(=O)O.O=S(=O)(O)CCO.O=S(=O)(O)CCO. The number of fused-ring (bicyclic) bond motifs is 2. The molecule has 0 spiro atoms. The van der Waals surface area contributed by atoms with Crippen LogP contribution < -0.4 is 20.9 Å². The van der Waals surface area contributed by atoms with E-state index in [2.05, 4.69) is 65.6 Å². The summed E-state index contributed by atoms with van der Waals surface area (Å²) in [6.45, 7) is 4.90. The molecule has 20 nitrogen and oxygen atoms in total. The molecule has 24 heteroatoms. The predicted octanol–water partition coefficient (Wildman–Crippen LogP) is 4.73. The molecular weight excluding hydrogens is 1000 g/mol. The van der Waals surface area contributed by atoms with Gasteiger partial charge in [-0.2, -0.15) is 16.8 Å². The van der Waals surface area contributed by atoms with E-state index in [9.17, 15) is 26.4 Å². The quantitative estimate of drug-likeness (QED) is 0.0161. The number of amidine groups is 2. The summed E-state index contributed by atoms with van der Waals surface area (Å²) < 4.78 is 65.5. The number of nitrogen functional groups attached to an aromatic ring is 2. The topological polar surface area (TPSA) is 348 Å². The average molecular weight is 1070 g/mol. The second-order valence-corrected chi connectivity index (χ2v) is 20.4. The molecule has 4 aromatic carbocycles. The average Bonchev–Trinajstić information content (AvgIpc) is 3.48. The number of aliphatic hydroxyl groups is 2. The summed E-state index contributed by atoms with van der Waals surface area (Å²) in [5, 5.41) is 46.0. The van der Waals surface area contributed by atoms with Gasteiger partial charge >= 0.3 is 11.9 Å². The number of rotatable bonds is 18. The third-order valence-corrected chi connectivity index (χ3v) is 13.2. The number of piperazine rings is 1. The lowest BCUT2D eigenvalue weighted by Crippen LogP contribution is -2.46. The number of hydrogen-bond donors (Lipinski definition) is 10. The molecule has 0 aromatic heterocycles. The molecule has 0 bridgehead atoms. The summed E-state index contributed by atoms with van der Waals surface area (Å²) in [6.07, 6.45) is 7.31. The summed E-state index contributed by atoms with van der Waals surface area (Å²) in [4.78, 5) is 28.5. The van der Waals surface area contributed by atoms with Gasteiger partial charge in [0.2, 0.25) is 0 Å². The fraction of sp³-hybridized carbons (Fsp3) is 0.362. The maximum atomic E-state index is 9.63. The van der Waals surface area contributed by atoms with Crippen LogP contribution in [0, 0.1) is 10.8 Å². The Labute approximate surface area is 423 Å². The molecule has 0 radical (unpaired) electrons. The number of nitrogens with one attached hydrogen (secondary N) is 2. The number of hydrogen-bond acceptors (Lipinski definition) is 16. The van der Waals surface area contributed by atoms with Crippen molar-refractivity contribution in [3.63, 3.8) is 0 Å². The standard InChI is InChI=1S/C20H24N2S2.C19H24N4O2.C4H4O4.2C2H6O4S/c1-21-9-11-22(12-10-21)18-13-15-5-3-4-6-19(15)24-20-8-7-16(23-2)14-17(18)20;20-18(21)14-4-8-16(9-5-14)24-12-2-1-3-13-25-17-10-6-15(7-11-17)19(22)23;5-3(6)1-2-4(7)8;2*3-1-2-7(4,5)6/h3-8,14,18H,9-13H2,1-2H3;4-11H,1-3,12-13H2,(H3,20,21)(H3,22,23);1-2H,(H,5,6)(H,7,8);2*3H,1-2H2,(H,4,5,6). The molecule has 2 aliphatic rings. The zero-order valence-electron chi connectivity index (χ0n) is 39.4. The van der Waals surface area contributed by atoms with Gasteiger partial charge in [-0.25, -0.2) is 9.59 Å². The van der Waals surface area contributed by atoms with Crippen LogP contribution in [-0.2, 0) is 36.2 Å². The van der Waals surface area contributed by atoms with Crippen molar-refractivity contribution in [2.45, 2.75) is 46.4 Å². The zero-order chi connectivity index (χ0) is 53.0. The second-order valence-electron chi connectivity index (χ2n) is 15.3. The van der Waals surface area contributed by atoms with Gasteiger partial charge < -0.3 is 46.3 Å². The Balaban J connectivity index is 0.000000345. The van der Waals surface area contributed by atoms with E-state index in [1.54, 1.807) is 24.3 Å². The minimum atomic E-state index is -3.92. The fourth-order valence-corrected chi connectivity index (χ4v) is 8.30. The highest BCUT2D eigenvalue weighted by molar-refractivity contribution is 7.99. The lowest BCUT2D eigenvalue weighted by Gasteiger charge is -2.38. The number of nitrogens with zero attached hydrogens (tertiary/aromatic N) is 2. The maximum absolute atomic E-state index is 9.63. The van der Waals surface area contributed by atoms with E-state index in [1.807, 2.05) is 47.8 Å². The van der Waals surface area contributed by atoms with Crippen molar-refractivity contribution >= 4 is 67.4 Å². The van der Waals surface area contributed by atoms with Crippen molar-refractivity contribution in [3.05, 3.63) is 125 Å². The molecule has 4 aromatic rings. The van der Waals surface area contributed by atoms with Crippen LogP contribution in [0.4, 0.5) is 0 Å². The largest absolute Gasteiger partial charge is 0.494 e. The molecule has 1 saturated heterocycles. The summed E-state index contributed by atoms with van der Waals surface area (Å²) >= 11 is 3.79. The molecule has 0 amide bonds. The number of carboxylic acids is 2. The van der Waals surface area contributed by atoms with Gasteiger partial charge in [-0.15, -0.1) is 11.8 Å². The number of aliphatic hydroxyl groups excluding tert-OH is 2. The van der Waals surface area contributed by atoms with E-state index in [0.29, 0.717) is 42.5 Å². The normalized spacial score (nSPS) is 14.4. The molecule has 1 fully saturated rings. The van der Waals surface area contributed by atoms with Gasteiger partial charge in [-0.1, -0.05) is 30.0 Å². The lowest BCUT2D eigenvalue weighted by molar-refractivity contribution is -0.134. The first-order valence-electron chi connectivity index (χ1n) is 21.8. The first-order valence-corrected chi connectivity index (χ1v) is 27.1. The van der Waals surface area contributed by atoms with Crippen molar-refractivity contribution in [2.75, 3.05) is 77.4 Å². The highest BCUT2D eigenvalue weighted by atomic mass is 32.2.